The molecule has 4 rings (SSSR count). The molecule has 1 aliphatic rings. The smallest absolute Gasteiger partial charge is 0.249 e. The topological polar surface area (TPSA) is 99.8 Å². The SMILES string of the molecule is CN[C@@H](C)C(=O)N[C@H]1CCc2ccccc2N(Cc2c(OC)ccc3cc(NC(C)=O)ccc23)C1=O.Cl. The molecule has 0 aromatic heterocycles. The van der Waals surface area contributed by atoms with Crippen molar-refractivity contribution in [2.45, 2.75) is 45.3 Å². The first-order chi connectivity index (χ1) is 17.3. The molecule has 37 heavy (non-hydrogen) atoms. The monoisotopic (exact) mass is 524 g/mol. The number of nitrogens with zero attached hydrogens (tertiary/aromatic N) is 1. The average Bonchev–Trinajstić information content (AvgIpc) is 3.00. The number of hydrogen-bond donors (Lipinski definition) is 3. The Morgan fingerprint density at radius 2 is 1.89 bits per heavy atom. The summed E-state index contributed by atoms with van der Waals surface area (Å²) < 4.78 is 5.70. The zero-order valence-corrected chi connectivity index (χ0v) is 22.3. The zero-order chi connectivity index (χ0) is 25.8. The first-order valence-electron chi connectivity index (χ1n) is 12.1. The van der Waals surface area contributed by atoms with Gasteiger partial charge in [0.25, 0.3) is 0 Å². The van der Waals surface area contributed by atoms with E-state index in [0.717, 1.165) is 27.6 Å². The van der Waals surface area contributed by atoms with Gasteiger partial charge in [-0.2, -0.15) is 0 Å². The maximum atomic E-state index is 13.9. The second-order valence-electron chi connectivity index (χ2n) is 9.03. The lowest BCUT2D eigenvalue weighted by atomic mass is 10.0. The number of aryl methyl sites for hydroxylation is 1. The lowest BCUT2D eigenvalue weighted by Crippen LogP contribution is -2.52. The summed E-state index contributed by atoms with van der Waals surface area (Å²) in [6.07, 6.45) is 1.19. The van der Waals surface area contributed by atoms with Gasteiger partial charge >= 0.3 is 0 Å². The van der Waals surface area contributed by atoms with Gasteiger partial charge in [0.05, 0.1) is 19.7 Å². The number of amides is 3. The van der Waals surface area contributed by atoms with E-state index in [9.17, 15) is 14.4 Å². The maximum absolute atomic E-state index is 13.9. The Balaban J connectivity index is 0.00000380. The van der Waals surface area contributed by atoms with Gasteiger partial charge in [0.2, 0.25) is 17.7 Å². The third-order valence-corrected chi connectivity index (χ3v) is 6.64. The number of halogens is 1. The van der Waals surface area contributed by atoms with Crippen LogP contribution in [0.2, 0.25) is 0 Å². The zero-order valence-electron chi connectivity index (χ0n) is 21.5. The van der Waals surface area contributed by atoms with E-state index in [1.165, 1.54) is 6.92 Å². The van der Waals surface area contributed by atoms with Crippen LogP contribution in [0.4, 0.5) is 11.4 Å². The predicted molar refractivity (Wildman–Crippen MR) is 148 cm³/mol. The number of anilines is 2. The number of nitrogens with one attached hydrogen (secondary N) is 3. The predicted octanol–water partition coefficient (Wildman–Crippen LogP) is 3.80. The number of para-hydroxylation sites is 1. The molecule has 8 nitrogen and oxygen atoms in total. The number of carbonyl (C=O) groups is 3. The molecule has 1 heterocycles. The van der Waals surface area contributed by atoms with Crippen molar-refractivity contribution in [2.24, 2.45) is 0 Å². The van der Waals surface area contributed by atoms with Gasteiger partial charge < -0.3 is 25.6 Å². The van der Waals surface area contributed by atoms with Crippen LogP contribution in [-0.2, 0) is 27.3 Å². The van der Waals surface area contributed by atoms with E-state index in [1.54, 1.807) is 26.0 Å². The number of benzene rings is 3. The molecular formula is C28H33ClN4O4. The standard InChI is InChI=1S/C28H32N4O4.ClH/c1-17(29-3)27(34)31-24-13-9-19-7-5-6-8-25(19)32(28(24)35)16-23-22-12-11-21(30-18(2)33)15-20(22)10-14-26(23)36-4;/h5-8,10-12,14-15,17,24,29H,9,13,16H2,1-4H3,(H,30,33)(H,31,34);1H/t17-,24-;/m0./s1. The molecule has 0 fully saturated rings. The summed E-state index contributed by atoms with van der Waals surface area (Å²) in [6.45, 7) is 3.50. The van der Waals surface area contributed by atoms with Gasteiger partial charge in [-0.05, 0) is 67.4 Å². The Kier molecular flexibility index (Phi) is 9.13. The molecule has 9 heteroatoms. The number of likely N-dealkylation sites (N-methyl/N-ethyl adjacent to an activating group) is 1. The first kappa shape index (κ1) is 28.0. The van der Waals surface area contributed by atoms with Crippen LogP contribution in [0.3, 0.4) is 0 Å². The van der Waals surface area contributed by atoms with Crippen molar-refractivity contribution < 1.29 is 19.1 Å². The summed E-state index contributed by atoms with van der Waals surface area (Å²) in [5.74, 6) is 0.143. The van der Waals surface area contributed by atoms with Gasteiger partial charge in [0.1, 0.15) is 11.8 Å². The molecule has 1 aliphatic heterocycles. The van der Waals surface area contributed by atoms with Crippen LogP contribution < -0.4 is 25.6 Å². The molecule has 3 amide bonds. The molecule has 0 aliphatic carbocycles. The molecule has 2 atom stereocenters. The highest BCUT2D eigenvalue weighted by atomic mass is 35.5. The highest BCUT2D eigenvalue weighted by Gasteiger charge is 2.33. The quantitative estimate of drug-likeness (QED) is 0.436. The Morgan fingerprint density at radius 1 is 1.14 bits per heavy atom. The van der Waals surface area contributed by atoms with Crippen molar-refractivity contribution in [3.63, 3.8) is 0 Å². The third kappa shape index (κ3) is 6.03. The molecule has 0 bridgehead atoms. The van der Waals surface area contributed by atoms with Gasteiger partial charge in [-0.25, -0.2) is 0 Å². The Labute approximate surface area is 223 Å². The highest BCUT2D eigenvalue weighted by Crippen LogP contribution is 2.35. The van der Waals surface area contributed by atoms with Gasteiger partial charge in [-0.3, -0.25) is 14.4 Å². The van der Waals surface area contributed by atoms with Crippen molar-refractivity contribution in [3.8, 4) is 5.75 Å². The van der Waals surface area contributed by atoms with Crippen LogP contribution in [0.1, 0.15) is 31.4 Å². The Bertz CT molecular complexity index is 1310. The minimum Gasteiger partial charge on any atom is -0.496 e. The van der Waals surface area contributed by atoms with E-state index in [4.69, 9.17) is 4.74 Å². The molecule has 0 saturated carbocycles. The molecule has 0 saturated heterocycles. The summed E-state index contributed by atoms with van der Waals surface area (Å²) in [5.41, 5.74) is 3.43. The molecule has 3 aromatic carbocycles. The fourth-order valence-corrected chi connectivity index (χ4v) is 4.61. The lowest BCUT2D eigenvalue weighted by molar-refractivity contribution is -0.128. The van der Waals surface area contributed by atoms with E-state index < -0.39 is 12.1 Å². The summed E-state index contributed by atoms with van der Waals surface area (Å²) in [5, 5.41) is 10.5. The van der Waals surface area contributed by atoms with Crippen molar-refractivity contribution in [1.82, 2.24) is 10.6 Å². The van der Waals surface area contributed by atoms with E-state index in [-0.39, 0.29) is 36.7 Å². The maximum Gasteiger partial charge on any atom is 0.249 e. The van der Waals surface area contributed by atoms with Crippen LogP contribution in [0, 0.1) is 0 Å². The lowest BCUT2D eigenvalue weighted by Gasteiger charge is -2.28. The van der Waals surface area contributed by atoms with Gasteiger partial charge in [-0.15, -0.1) is 12.4 Å². The van der Waals surface area contributed by atoms with Crippen LogP contribution in [0.15, 0.2) is 54.6 Å². The van der Waals surface area contributed by atoms with Crippen molar-refractivity contribution in [1.29, 1.82) is 0 Å². The molecule has 3 N–H and O–H groups in total. The largest absolute Gasteiger partial charge is 0.496 e. The van der Waals surface area contributed by atoms with Gasteiger partial charge in [0, 0.05) is 23.9 Å². The summed E-state index contributed by atoms with van der Waals surface area (Å²) in [4.78, 5) is 39.8. The summed E-state index contributed by atoms with van der Waals surface area (Å²) >= 11 is 0. The number of rotatable bonds is 7. The minimum atomic E-state index is -0.645. The fourth-order valence-electron chi connectivity index (χ4n) is 4.61. The number of carbonyl (C=O) groups excluding carboxylic acids is 3. The van der Waals surface area contributed by atoms with E-state index in [2.05, 4.69) is 16.0 Å². The number of hydrogen-bond acceptors (Lipinski definition) is 5. The van der Waals surface area contributed by atoms with Crippen LogP contribution >= 0.6 is 12.4 Å². The van der Waals surface area contributed by atoms with E-state index >= 15 is 0 Å². The third-order valence-electron chi connectivity index (χ3n) is 6.64. The second-order valence-corrected chi connectivity index (χ2v) is 9.03. The number of methoxy groups -OCH3 is 1. The van der Waals surface area contributed by atoms with Crippen molar-refractivity contribution in [2.75, 3.05) is 24.4 Å². The Morgan fingerprint density at radius 3 is 2.59 bits per heavy atom. The van der Waals surface area contributed by atoms with Crippen LogP contribution in [0.5, 0.6) is 5.75 Å². The second kappa shape index (κ2) is 12.1. The summed E-state index contributed by atoms with van der Waals surface area (Å²) in [7, 11) is 3.32. The minimum absolute atomic E-state index is 0. The molecule has 0 spiro atoms. The van der Waals surface area contributed by atoms with E-state index in [1.807, 2.05) is 54.6 Å². The highest BCUT2D eigenvalue weighted by molar-refractivity contribution is 6.02. The Hall–Kier alpha value is -3.62. The summed E-state index contributed by atoms with van der Waals surface area (Å²) in [6, 6.07) is 16.3. The van der Waals surface area contributed by atoms with Crippen LogP contribution in [0.25, 0.3) is 10.8 Å². The molecule has 3 aromatic rings. The van der Waals surface area contributed by atoms with Gasteiger partial charge in [0.15, 0.2) is 0 Å². The number of fused-ring (bicyclic) bond motifs is 2. The number of ether oxygens (including phenoxy) is 1. The molecule has 0 radical (unpaired) electrons. The van der Waals surface area contributed by atoms with Crippen molar-refractivity contribution in [3.05, 3.63) is 65.7 Å². The molecule has 196 valence electrons. The first-order valence-corrected chi connectivity index (χ1v) is 12.1. The van der Waals surface area contributed by atoms with Crippen LogP contribution in [-0.4, -0.2) is 44.0 Å². The average molecular weight is 525 g/mol. The molecular weight excluding hydrogens is 492 g/mol. The van der Waals surface area contributed by atoms with Gasteiger partial charge in [-0.1, -0.05) is 30.3 Å². The fraction of sp³-hybridized carbons (Fsp3) is 0.321. The molecule has 0 unspecified atom stereocenters. The van der Waals surface area contributed by atoms with Crippen molar-refractivity contribution >= 4 is 52.3 Å². The normalized spacial score (nSPS) is 15.7. The van der Waals surface area contributed by atoms with E-state index in [0.29, 0.717) is 24.3 Å².